The minimum Gasteiger partial charge on any atom is -0.507 e. The van der Waals surface area contributed by atoms with Gasteiger partial charge in [0.1, 0.15) is 11.8 Å². The van der Waals surface area contributed by atoms with Crippen molar-refractivity contribution in [3.05, 3.63) is 80.5 Å². The molecule has 0 saturated carbocycles. The molecule has 0 aromatic heterocycles. The van der Waals surface area contributed by atoms with Crippen LogP contribution in [0.1, 0.15) is 66.2 Å². The standard InChI is InChI=1S/C33H30N4O7/c1-14-9-16-10-20-22(12-34)37-21(26(35(20)3)24(16)30(41)31(14)44-4)11-19-25(29(40)28(39)15(2)27(19)38)23(37)13-36-32(42)17-7-5-6-8-18(17)33(36)43/h5-9,11,20,22-23,26,38-41H,10,13H2,1-4H3/t20-,22+,23+,26+/m1/s1. The molecule has 2 bridgehead atoms. The number of phenols is 4. The zero-order chi connectivity index (χ0) is 31.4. The van der Waals surface area contributed by atoms with E-state index in [1.807, 2.05) is 24.9 Å². The van der Waals surface area contributed by atoms with Crippen LogP contribution in [0.2, 0.25) is 0 Å². The summed E-state index contributed by atoms with van der Waals surface area (Å²) in [6.07, 6.45) is 2.06. The number of nitriles is 1. The van der Waals surface area contributed by atoms with Gasteiger partial charge in [-0.2, -0.15) is 5.26 Å². The molecule has 3 aromatic rings. The topological polar surface area (TPSA) is 158 Å². The van der Waals surface area contributed by atoms with Crippen LogP contribution in [0, 0.1) is 25.2 Å². The normalized spacial score (nSPS) is 23.4. The van der Waals surface area contributed by atoms with Gasteiger partial charge in [0.2, 0.25) is 0 Å². The molecule has 7 rings (SSSR count). The average Bonchev–Trinajstić information content (AvgIpc) is 3.24. The summed E-state index contributed by atoms with van der Waals surface area (Å²) < 4.78 is 5.54. The molecule has 11 nitrogen and oxygen atoms in total. The number of piperazine rings is 1. The Bertz CT molecular complexity index is 1860. The minimum atomic E-state index is -1.02. The van der Waals surface area contributed by atoms with Crippen molar-refractivity contribution in [3.63, 3.8) is 0 Å². The number of imide groups is 1. The van der Waals surface area contributed by atoms with E-state index in [1.54, 1.807) is 35.2 Å². The fourth-order valence-corrected chi connectivity index (χ4v) is 7.62. The van der Waals surface area contributed by atoms with E-state index in [9.17, 15) is 35.3 Å². The number of ether oxygens (including phenoxy) is 1. The molecule has 11 heteroatoms. The second-order valence-corrected chi connectivity index (χ2v) is 11.8. The van der Waals surface area contributed by atoms with E-state index in [-0.39, 0.29) is 51.9 Å². The summed E-state index contributed by atoms with van der Waals surface area (Å²) in [5.74, 6) is -2.07. The fourth-order valence-electron chi connectivity index (χ4n) is 7.62. The number of phenolic OH excluding ortho intramolecular Hbond substituents is 4. The van der Waals surface area contributed by atoms with Crippen LogP contribution >= 0.6 is 0 Å². The van der Waals surface area contributed by atoms with Crippen LogP contribution in [0.25, 0.3) is 6.08 Å². The molecule has 4 aliphatic heterocycles. The van der Waals surface area contributed by atoms with E-state index in [4.69, 9.17) is 4.74 Å². The Morgan fingerprint density at radius 2 is 1.64 bits per heavy atom. The van der Waals surface area contributed by atoms with E-state index >= 15 is 0 Å². The summed E-state index contributed by atoms with van der Waals surface area (Å²) in [7, 11) is 3.34. The van der Waals surface area contributed by atoms with Gasteiger partial charge in [-0.15, -0.1) is 0 Å². The Balaban J connectivity index is 1.48. The fraction of sp³-hybridized carbons (Fsp3) is 0.303. The number of carbonyl (C=O) groups excluding carboxylic acids is 2. The lowest BCUT2D eigenvalue weighted by Gasteiger charge is -2.57. The summed E-state index contributed by atoms with van der Waals surface area (Å²) >= 11 is 0. The summed E-state index contributed by atoms with van der Waals surface area (Å²) in [4.78, 5) is 31.9. The first-order chi connectivity index (χ1) is 21.0. The molecule has 4 atom stereocenters. The summed E-state index contributed by atoms with van der Waals surface area (Å²) in [5, 5.41) is 55.7. The lowest BCUT2D eigenvalue weighted by molar-refractivity contribution is 0.0111. The molecule has 0 spiro atoms. The van der Waals surface area contributed by atoms with E-state index in [0.29, 0.717) is 23.4 Å². The Morgan fingerprint density at radius 3 is 2.25 bits per heavy atom. The summed E-state index contributed by atoms with van der Waals surface area (Å²) in [6.45, 7) is 3.03. The van der Waals surface area contributed by atoms with Gasteiger partial charge in [0.05, 0.1) is 42.9 Å². The summed E-state index contributed by atoms with van der Waals surface area (Å²) in [5.41, 5.74) is 3.54. The third kappa shape index (κ3) is 3.40. The highest BCUT2D eigenvalue weighted by Gasteiger charge is 2.54. The highest BCUT2D eigenvalue weighted by molar-refractivity contribution is 6.21. The first-order valence-electron chi connectivity index (χ1n) is 14.2. The third-order valence-corrected chi connectivity index (χ3v) is 9.71. The quantitative estimate of drug-likeness (QED) is 0.201. The van der Waals surface area contributed by atoms with E-state index in [0.717, 1.165) is 16.0 Å². The number of nitrogens with zero attached hydrogens (tertiary/aromatic N) is 4. The van der Waals surface area contributed by atoms with Gasteiger partial charge in [-0.1, -0.05) is 18.2 Å². The van der Waals surface area contributed by atoms with Crippen LogP contribution in [0.3, 0.4) is 0 Å². The number of likely N-dealkylation sites (N-methyl/N-ethyl adjacent to an activating group) is 1. The highest BCUT2D eigenvalue weighted by atomic mass is 16.5. The van der Waals surface area contributed by atoms with E-state index in [2.05, 4.69) is 6.07 Å². The minimum absolute atomic E-state index is 0.0364. The largest absolute Gasteiger partial charge is 0.507 e. The van der Waals surface area contributed by atoms with E-state index in [1.165, 1.54) is 14.0 Å². The maximum absolute atomic E-state index is 13.5. The first-order valence-corrected chi connectivity index (χ1v) is 14.2. The lowest BCUT2D eigenvalue weighted by atomic mass is 9.75. The van der Waals surface area contributed by atoms with Gasteiger partial charge in [-0.05, 0) is 56.7 Å². The predicted octanol–water partition coefficient (Wildman–Crippen LogP) is 3.63. The van der Waals surface area contributed by atoms with Gasteiger partial charge in [0, 0.05) is 34.0 Å². The number of amides is 2. The number of benzene rings is 3. The second-order valence-electron chi connectivity index (χ2n) is 11.8. The molecule has 3 aromatic carbocycles. The smallest absolute Gasteiger partial charge is 0.261 e. The van der Waals surface area contributed by atoms with Crippen LogP contribution < -0.4 is 4.74 Å². The van der Waals surface area contributed by atoms with Gasteiger partial charge < -0.3 is 30.1 Å². The van der Waals surface area contributed by atoms with Crippen LogP contribution in [0.15, 0.2) is 36.0 Å². The number of rotatable bonds is 3. The van der Waals surface area contributed by atoms with Gasteiger partial charge in [0.25, 0.3) is 11.8 Å². The monoisotopic (exact) mass is 594 g/mol. The number of hydrogen-bond acceptors (Lipinski definition) is 10. The Labute approximate surface area is 253 Å². The zero-order valence-corrected chi connectivity index (χ0v) is 24.5. The molecular weight excluding hydrogens is 564 g/mol. The van der Waals surface area contributed by atoms with Crippen LogP contribution in [-0.4, -0.2) is 79.7 Å². The molecule has 0 unspecified atom stereocenters. The number of methoxy groups -OCH3 is 1. The number of carbonyl (C=O) groups is 2. The number of aromatic hydroxyl groups is 4. The Hall–Kier alpha value is -5.21. The van der Waals surface area contributed by atoms with Crippen molar-refractivity contribution in [3.8, 4) is 34.8 Å². The first kappa shape index (κ1) is 27.6. The zero-order valence-electron chi connectivity index (χ0n) is 24.5. The summed E-state index contributed by atoms with van der Waals surface area (Å²) in [6, 6.07) is 7.99. The molecule has 2 amide bonds. The van der Waals surface area contributed by atoms with Crippen LogP contribution in [-0.2, 0) is 6.42 Å². The maximum atomic E-state index is 13.5. The Morgan fingerprint density at radius 1 is 0.977 bits per heavy atom. The van der Waals surface area contributed by atoms with Gasteiger partial charge in [-0.3, -0.25) is 19.4 Å². The van der Waals surface area contributed by atoms with Crippen LogP contribution in [0.5, 0.6) is 28.7 Å². The lowest BCUT2D eigenvalue weighted by Crippen LogP contribution is -2.62. The second kappa shape index (κ2) is 9.39. The maximum Gasteiger partial charge on any atom is 0.261 e. The van der Waals surface area contributed by atoms with Crippen molar-refractivity contribution in [2.45, 2.75) is 44.4 Å². The molecule has 1 saturated heterocycles. The molecule has 0 radical (unpaired) electrons. The van der Waals surface area contributed by atoms with Gasteiger partial charge in [0.15, 0.2) is 23.0 Å². The number of fused-ring (bicyclic) bond motifs is 8. The number of hydrogen-bond donors (Lipinski definition) is 4. The Kier molecular flexibility index (Phi) is 5.90. The molecule has 4 heterocycles. The SMILES string of the molecule is COc1c(C)cc2c(c1O)[C@@H]1C3=Cc4c(O)c(C)c(O)c(O)c4[C@H](CN4C(=O)c5ccccc5C4=O)N3[C@@H](C#N)[C@@H](C2)N1C. The van der Waals surface area contributed by atoms with Crippen LogP contribution in [0.4, 0.5) is 0 Å². The predicted molar refractivity (Wildman–Crippen MR) is 157 cm³/mol. The van der Waals surface area contributed by atoms with Crippen molar-refractivity contribution in [1.82, 2.24) is 14.7 Å². The van der Waals surface area contributed by atoms with Crippen molar-refractivity contribution in [2.24, 2.45) is 0 Å². The third-order valence-electron chi connectivity index (χ3n) is 9.71. The van der Waals surface area contributed by atoms with Crippen molar-refractivity contribution in [1.29, 1.82) is 5.26 Å². The molecule has 224 valence electrons. The molecular formula is C33H30N4O7. The molecule has 0 aliphatic carbocycles. The molecule has 1 fully saturated rings. The van der Waals surface area contributed by atoms with E-state index < -0.39 is 41.4 Å². The molecule has 44 heavy (non-hydrogen) atoms. The average molecular weight is 595 g/mol. The van der Waals surface area contributed by atoms with Crippen molar-refractivity contribution in [2.75, 3.05) is 20.7 Å². The number of aryl methyl sites for hydroxylation is 1. The molecule has 4 N–H and O–H groups in total. The van der Waals surface area contributed by atoms with Crippen molar-refractivity contribution < 1.29 is 34.8 Å². The molecule has 4 aliphatic rings. The van der Waals surface area contributed by atoms with Gasteiger partial charge in [-0.25, -0.2) is 0 Å². The highest BCUT2D eigenvalue weighted by Crippen LogP contribution is 2.58. The van der Waals surface area contributed by atoms with Crippen molar-refractivity contribution >= 4 is 17.9 Å². The van der Waals surface area contributed by atoms with Gasteiger partial charge >= 0.3 is 0 Å².